The lowest BCUT2D eigenvalue weighted by atomic mass is 10.2. The van der Waals surface area contributed by atoms with Gasteiger partial charge in [0.15, 0.2) is 11.5 Å². The number of benzene rings is 2. The van der Waals surface area contributed by atoms with Crippen molar-refractivity contribution >= 4 is 34.2 Å². The Morgan fingerprint density at radius 1 is 1.13 bits per heavy atom. The minimum Gasteiger partial charge on any atom is -0.493 e. The number of methoxy groups -OCH3 is 1. The molecule has 0 aliphatic rings. The van der Waals surface area contributed by atoms with Crippen molar-refractivity contribution in [1.29, 1.82) is 0 Å². The second-order valence-electron chi connectivity index (χ2n) is 5.00. The maximum Gasteiger partial charge on any atom is 0.161 e. The third kappa shape index (κ3) is 3.54. The molecule has 2 aromatic carbocycles. The number of aromatic amines is 1. The lowest BCUT2D eigenvalue weighted by Gasteiger charge is -2.11. The summed E-state index contributed by atoms with van der Waals surface area (Å²) in [6, 6.07) is 11.3. The van der Waals surface area contributed by atoms with Crippen LogP contribution >= 0.6 is 23.2 Å². The van der Waals surface area contributed by atoms with Gasteiger partial charge in [-0.05, 0) is 42.8 Å². The monoisotopic (exact) mass is 350 g/mol. The maximum absolute atomic E-state index is 6.01. The van der Waals surface area contributed by atoms with Crippen LogP contribution in [0, 0.1) is 0 Å². The molecular formula is C17H16Cl2N2O2. The van der Waals surface area contributed by atoms with Crippen molar-refractivity contribution in [3.8, 4) is 22.9 Å². The Labute approximate surface area is 144 Å². The highest BCUT2D eigenvalue weighted by Crippen LogP contribution is 2.32. The molecule has 6 heteroatoms. The molecule has 3 rings (SSSR count). The van der Waals surface area contributed by atoms with Gasteiger partial charge in [0, 0.05) is 16.5 Å². The summed E-state index contributed by atoms with van der Waals surface area (Å²) in [6.07, 6.45) is 0.788. The third-order valence-electron chi connectivity index (χ3n) is 3.42. The molecule has 4 nitrogen and oxygen atoms in total. The molecule has 1 aromatic heterocycles. The molecule has 0 unspecified atom stereocenters. The third-order valence-corrected chi connectivity index (χ3v) is 3.92. The second-order valence-corrected chi connectivity index (χ2v) is 5.82. The quantitative estimate of drug-likeness (QED) is 0.508. The number of halogens is 2. The molecule has 0 saturated heterocycles. The highest BCUT2D eigenvalue weighted by atomic mass is 35.5. The Morgan fingerprint density at radius 3 is 2.78 bits per heavy atom. The Hall–Kier alpha value is -1.91. The Bertz CT molecular complexity index is 817. The van der Waals surface area contributed by atoms with Crippen LogP contribution in [0.1, 0.15) is 6.42 Å². The highest BCUT2D eigenvalue weighted by Gasteiger charge is 2.10. The number of imidazole rings is 1. The molecule has 3 aromatic rings. The van der Waals surface area contributed by atoms with Crippen molar-refractivity contribution in [2.45, 2.75) is 6.42 Å². The molecule has 0 spiro atoms. The van der Waals surface area contributed by atoms with Crippen LogP contribution in [0.15, 0.2) is 36.4 Å². The van der Waals surface area contributed by atoms with Gasteiger partial charge < -0.3 is 14.5 Å². The van der Waals surface area contributed by atoms with Gasteiger partial charge in [-0.25, -0.2) is 4.98 Å². The van der Waals surface area contributed by atoms with Crippen molar-refractivity contribution in [3.05, 3.63) is 41.4 Å². The standard InChI is InChI=1S/C17H16Cl2N2O2/c1-22-16-9-11(3-6-15(16)23-8-2-7-18)17-20-13-5-4-12(19)10-14(13)21-17/h3-6,9-10H,2,7-8H2,1H3,(H,20,21). The van der Waals surface area contributed by atoms with Gasteiger partial charge in [-0.1, -0.05) is 11.6 Å². The van der Waals surface area contributed by atoms with E-state index in [1.165, 1.54) is 0 Å². The minimum absolute atomic E-state index is 0.558. The number of hydrogen-bond donors (Lipinski definition) is 1. The van der Waals surface area contributed by atoms with Crippen LogP contribution < -0.4 is 9.47 Å². The van der Waals surface area contributed by atoms with Gasteiger partial charge in [-0.3, -0.25) is 0 Å². The van der Waals surface area contributed by atoms with E-state index in [9.17, 15) is 0 Å². The van der Waals surface area contributed by atoms with Crippen molar-refractivity contribution in [3.63, 3.8) is 0 Å². The summed E-state index contributed by atoms with van der Waals surface area (Å²) in [6.45, 7) is 0.558. The number of nitrogens with one attached hydrogen (secondary N) is 1. The van der Waals surface area contributed by atoms with Crippen molar-refractivity contribution < 1.29 is 9.47 Å². The van der Waals surface area contributed by atoms with Crippen LogP contribution in [0.5, 0.6) is 11.5 Å². The fourth-order valence-electron chi connectivity index (χ4n) is 2.29. The number of aromatic nitrogens is 2. The lowest BCUT2D eigenvalue weighted by Crippen LogP contribution is -2.00. The number of ether oxygens (including phenoxy) is 2. The molecule has 0 aliphatic carbocycles. The molecule has 23 heavy (non-hydrogen) atoms. The first kappa shape index (κ1) is 16.0. The smallest absolute Gasteiger partial charge is 0.161 e. The fraction of sp³-hybridized carbons (Fsp3) is 0.235. The van der Waals surface area contributed by atoms with E-state index in [2.05, 4.69) is 9.97 Å². The molecule has 0 radical (unpaired) electrons. The van der Waals surface area contributed by atoms with Crippen LogP contribution in [0.4, 0.5) is 0 Å². The molecule has 0 amide bonds. The van der Waals surface area contributed by atoms with Crippen molar-refractivity contribution in [2.75, 3.05) is 19.6 Å². The van der Waals surface area contributed by atoms with E-state index in [-0.39, 0.29) is 0 Å². The second kappa shape index (κ2) is 7.11. The summed E-state index contributed by atoms with van der Waals surface area (Å²) >= 11 is 11.7. The van der Waals surface area contributed by atoms with Crippen LogP contribution in [0.25, 0.3) is 22.4 Å². The van der Waals surface area contributed by atoms with Gasteiger partial charge in [0.1, 0.15) is 5.82 Å². The van der Waals surface area contributed by atoms with Gasteiger partial charge in [0.05, 0.1) is 24.8 Å². The van der Waals surface area contributed by atoms with E-state index < -0.39 is 0 Å². The molecule has 1 heterocycles. The van der Waals surface area contributed by atoms with E-state index >= 15 is 0 Å². The maximum atomic E-state index is 6.01. The van der Waals surface area contributed by atoms with E-state index in [1.807, 2.05) is 36.4 Å². The predicted molar refractivity (Wildman–Crippen MR) is 93.9 cm³/mol. The van der Waals surface area contributed by atoms with E-state index in [4.69, 9.17) is 32.7 Å². The SMILES string of the molecule is COc1cc(-c2nc3ccc(Cl)cc3[nH]2)ccc1OCCCCl. The molecular weight excluding hydrogens is 335 g/mol. The summed E-state index contributed by atoms with van der Waals surface area (Å²) in [5, 5.41) is 0.674. The first-order valence-corrected chi connectivity index (χ1v) is 8.15. The number of nitrogens with zero attached hydrogens (tertiary/aromatic N) is 1. The normalized spacial score (nSPS) is 10.9. The lowest BCUT2D eigenvalue weighted by molar-refractivity contribution is 0.295. The van der Waals surface area contributed by atoms with Crippen LogP contribution in [0.3, 0.4) is 0 Å². The van der Waals surface area contributed by atoms with Crippen LogP contribution in [0.2, 0.25) is 5.02 Å². The zero-order valence-corrected chi connectivity index (χ0v) is 14.1. The Morgan fingerprint density at radius 2 is 2.00 bits per heavy atom. The summed E-state index contributed by atoms with van der Waals surface area (Å²) in [5.41, 5.74) is 2.68. The van der Waals surface area contributed by atoms with Gasteiger partial charge in [-0.15, -0.1) is 11.6 Å². The number of alkyl halides is 1. The fourth-order valence-corrected chi connectivity index (χ4v) is 2.57. The summed E-state index contributed by atoms with van der Waals surface area (Å²) in [7, 11) is 1.62. The number of H-pyrrole nitrogens is 1. The van der Waals surface area contributed by atoms with Gasteiger partial charge in [0.2, 0.25) is 0 Å². The van der Waals surface area contributed by atoms with Crippen molar-refractivity contribution in [1.82, 2.24) is 9.97 Å². The molecule has 0 aliphatic heterocycles. The molecule has 0 bridgehead atoms. The zero-order chi connectivity index (χ0) is 16.2. The first-order chi connectivity index (χ1) is 11.2. The molecule has 120 valence electrons. The van der Waals surface area contributed by atoms with E-state index in [0.29, 0.717) is 29.0 Å². The topological polar surface area (TPSA) is 47.1 Å². The van der Waals surface area contributed by atoms with Gasteiger partial charge in [-0.2, -0.15) is 0 Å². The number of rotatable bonds is 6. The predicted octanol–water partition coefficient (Wildman–Crippen LogP) is 4.90. The Kier molecular flexibility index (Phi) is 4.94. The van der Waals surface area contributed by atoms with Gasteiger partial charge in [0.25, 0.3) is 0 Å². The average Bonchev–Trinajstić information content (AvgIpc) is 2.98. The van der Waals surface area contributed by atoms with Crippen LogP contribution in [-0.2, 0) is 0 Å². The molecule has 1 N–H and O–H groups in total. The number of fused-ring (bicyclic) bond motifs is 1. The van der Waals surface area contributed by atoms with Gasteiger partial charge >= 0.3 is 0 Å². The van der Waals surface area contributed by atoms with Crippen molar-refractivity contribution in [2.24, 2.45) is 0 Å². The average molecular weight is 351 g/mol. The molecule has 0 saturated carbocycles. The molecule has 0 atom stereocenters. The zero-order valence-electron chi connectivity index (χ0n) is 12.6. The van der Waals surface area contributed by atoms with E-state index in [0.717, 1.165) is 28.8 Å². The summed E-state index contributed by atoms with van der Waals surface area (Å²) in [4.78, 5) is 7.84. The van der Waals surface area contributed by atoms with Crippen LogP contribution in [-0.4, -0.2) is 29.6 Å². The highest BCUT2D eigenvalue weighted by molar-refractivity contribution is 6.31. The van der Waals surface area contributed by atoms with E-state index in [1.54, 1.807) is 7.11 Å². The summed E-state index contributed by atoms with van der Waals surface area (Å²) < 4.78 is 11.1. The largest absolute Gasteiger partial charge is 0.493 e. The summed E-state index contributed by atoms with van der Waals surface area (Å²) in [5.74, 6) is 2.69. The Balaban J connectivity index is 1.92. The number of hydrogen-bond acceptors (Lipinski definition) is 3. The minimum atomic E-state index is 0.558. The molecule has 0 fully saturated rings. The first-order valence-electron chi connectivity index (χ1n) is 7.23.